The Bertz CT molecular complexity index is 974. The molecule has 0 aromatic rings. The van der Waals surface area contributed by atoms with E-state index in [0.29, 0.717) is 0 Å². The highest BCUT2D eigenvalue weighted by Crippen LogP contribution is 2.19. The van der Waals surface area contributed by atoms with Gasteiger partial charge in [-0.25, -0.2) is 0 Å². The van der Waals surface area contributed by atoms with Gasteiger partial charge in [0.15, 0.2) is 25.2 Å². The molecule has 0 N–H and O–H groups in total. The molecule has 0 rings (SSSR count). The van der Waals surface area contributed by atoms with Crippen LogP contribution >= 0.6 is 0 Å². The molecule has 0 radical (unpaired) electrons. The van der Waals surface area contributed by atoms with E-state index in [-0.39, 0.29) is 25.2 Å². The van der Waals surface area contributed by atoms with E-state index in [4.69, 9.17) is 33.2 Å². The van der Waals surface area contributed by atoms with Crippen molar-refractivity contribution in [2.24, 2.45) is 0 Å². The highest BCUT2D eigenvalue weighted by atomic mass is 16.8. The monoisotopic (exact) mass is 1060 g/mol. The number of hydrogen-bond acceptors (Lipinski definition) is 7. The maximum atomic E-state index is 6.61. The van der Waals surface area contributed by atoms with Crippen LogP contribution in [-0.4, -0.2) is 64.8 Å². The number of rotatable bonds is 66. The summed E-state index contributed by atoms with van der Waals surface area (Å²) in [6.07, 6.45) is 68.1. The number of ether oxygens (including phenoxy) is 7. The van der Waals surface area contributed by atoms with Crippen LogP contribution in [0.1, 0.15) is 350 Å². The van der Waals surface area contributed by atoms with E-state index < -0.39 is 0 Å². The summed E-state index contributed by atoms with van der Waals surface area (Å²) in [7, 11) is 0. The molecule has 0 saturated heterocycles. The van der Waals surface area contributed by atoms with Gasteiger partial charge in [0.2, 0.25) is 0 Å². The third kappa shape index (κ3) is 59.2. The van der Waals surface area contributed by atoms with Crippen molar-refractivity contribution in [1.82, 2.24) is 0 Å². The smallest absolute Gasteiger partial charge is 0.180 e. The zero-order valence-electron chi connectivity index (χ0n) is 51.7. The van der Waals surface area contributed by atoms with E-state index >= 15 is 0 Å². The van der Waals surface area contributed by atoms with Gasteiger partial charge < -0.3 is 33.2 Å². The predicted octanol–water partition coefficient (Wildman–Crippen LogP) is 22.4. The van der Waals surface area contributed by atoms with E-state index in [9.17, 15) is 0 Å². The molecule has 0 fully saturated rings. The lowest BCUT2D eigenvalue weighted by Gasteiger charge is -2.22. The van der Waals surface area contributed by atoms with Crippen molar-refractivity contribution in [2.75, 3.05) is 39.6 Å². The third-order valence-electron chi connectivity index (χ3n) is 14.7. The van der Waals surface area contributed by atoms with Crippen molar-refractivity contribution in [3.63, 3.8) is 0 Å². The van der Waals surface area contributed by atoms with Gasteiger partial charge in [0, 0.05) is 26.4 Å². The molecule has 7 nitrogen and oxygen atoms in total. The molecule has 0 aromatic carbocycles. The van der Waals surface area contributed by atoms with Crippen molar-refractivity contribution in [3.8, 4) is 0 Å². The van der Waals surface area contributed by atoms with E-state index in [1.165, 1.54) is 244 Å². The van der Waals surface area contributed by atoms with E-state index in [2.05, 4.69) is 65.8 Å². The Morgan fingerprint density at radius 3 is 0.720 bits per heavy atom. The molecule has 0 heterocycles. The van der Waals surface area contributed by atoms with Gasteiger partial charge in [0.1, 0.15) is 0 Å². The van der Waals surface area contributed by atoms with Crippen molar-refractivity contribution in [3.05, 3.63) is 24.3 Å². The molecule has 0 bridgehead atoms. The number of allylic oxidation sites excluding steroid dienone is 2. The lowest BCUT2D eigenvalue weighted by Crippen LogP contribution is -2.25. The van der Waals surface area contributed by atoms with Crippen LogP contribution in [0.2, 0.25) is 0 Å². The Labute approximate surface area is 470 Å². The van der Waals surface area contributed by atoms with E-state index in [0.717, 1.165) is 104 Å². The molecule has 0 aliphatic rings. The Morgan fingerprint density at radius 2 is 0.440 bits per heavy atom. The first-order valence-electron chi connectivity index (χ1n) is 33.8. The quantitative estimate of drug-likeness (QED) is 0.0342. The highest BCUT2D eigenvalue weighted by Gasteiger charge is 2.15. The zero-order chi connectivity index (χ0) is 54.3. The first-order valence-corrected chi connectivity index (χ1v) is 33.8. The molecule has 448 valence electrons. The van der Waals surface area contributed by atoms with Gasteiger partial charge in [0.05, 0.1) is 13.2 Å². The molecule has 7 heteroatoms. The average Bonchev–Trinajstić information content (AvgIpc) is 3.41. The summed E-state index contributed by atoms with van der Waals surface area (Å²) < 4.78 is 44.2. The second-order valence-electron chi connectivity index (χ2n) is 22.4. The third-order valence-corrected chi connectivity index (χ3v) is 14.7. The number of hydrogen-bond donors (Lipinski definition) is 0. The summed E-state index contributed by atoms with van der Waals surface area (Å²) in [5, 5.41) is 0. The van der Waals surface area contributed by atoms with Crippen LogP contribution in [0.15, 0.2) is 24.3 Å². The maximum absolute atomic E-state index is 6.61. The van der Waals surface area contributed by atoms with Crippen LogP contribution < -0.4 is 0 Å². The van der Waals surface area contributed by atoms with Gasteiger partial charge in [-0.1, -0.05) is 272 Å². The molecule has 0 aliphatic heterocycles. The minimum atomic E-state index is -0.375. The standard InChI is InChI=1S/C68H134O7/c1-7-13-19-43-53-63-73-67(57-47-41-37-33-29-25-27-31-35-39-45-55-65(69-59-49-21-15-9-3)70-60-50-22-16-10-4)75-68(74-64-54-44-20-14-8-2)58-48-42-38-34-30-26-28-32-36-40-46-56-66(71-61-51-23-17-11-5)72-62-52-24-18-12-6/h47-48,57-58,65-68H,7-46,49-56,59-64H2,1-6H3. The maximum Gasteiger partial charge on any atom is 0.180 e. The largest absolute Gasteiger partial charge is 0.353 e. The zero-order valence-corrected chi connectivity index (χ0v) is 51.7. The van der Waals surface area contributed by atoms with Gasteiger partial charge in [-0.05, 0) is 102 Å². The lowest BCUT2D eigenvalue weighted by atomic mass is 10.1. The van der Waals surface area contributed by atoms with Crippen molar-refractivity contribution >= 4 is 0 Å². The minimum Gasteiger partial charge on any atom is -0.353 e. The van der Waals surface area contributed by atoms with Crippen molar-refractivity contribution < 1.29 is 33.2 Å². The Balaban J connectivity index is 4.75. The lowest BCUT2D eigenvalue weighted by molar-refractivity contribution is -0.208. The first-order chi connectivity index (χ1) is 37.1. The van der Waals surface area contributed by atoms with E-state index in [1.54, 1.807) is 0 Å². The van der Waals surface area contributed by atoms with Crippen LogP contribution in [0.5, 0.6) is 0 Å². The SMILES string of the molecule is CCCCCCCOC(C=CCCCCCCCCCCCC(OCCCCCC)OCCCCCC)OC(C=CCCCCCCCCCCCC(OCCCCCC)OCCCCCC)OCCCCCCC. The van der Waals surface area contributed by atoms with Gasteiger partial charge >= 0.3 is 0 Å². The Morgan fingerprint density at radius 1 is 0.227 bits per heavy atom. The fourth-order valence-corrected chi connectivity index (χ4v) is 9.66. The second-order valence-corrected chi connectivity index (χ2v) is 22.4. The summed E-state index contributed by atoms with van der Waals surface area (Å²) >= 11 is 0. The molecule has 75 heavy (non-hydrogen) atoms. The molecule has 0 spiro atoms. The highest BCUT2D eigenvalue weighted by molar-refractivity contribution is 4.90. The van der Waals surface area contributed by atoms with Gasteiger partial charge in [-0.15, -0.1) is 0 Å². The van der Waals surface area contributed by atoms with Crippen LogP contribution in [0.4, 0.5) is 0 Å². The first kappa shape index (κ1) is 74.2. The summed E-state index contributed by atoms with van der Waals surface area (Å²) in [6, 6.07) is 0. The molecule has 2 unspecified atom stereocenters. The van der Waals surface area contributed by atoms with Crippen molar-refractivity contribution in [2.45, 2.75) is 375 Å². The Hall–Kier alpha value is -0.800. The summed E-state index contributed by atoms with van der Waals surface area (Å²) in [5.74, 6) is 0. The number of unbranched alkanes of at least 4 members (excludes halogenated alkanes) is 38. The van der Waals surface area contributed by atoms with Gasteiger partial charge in [-0.2, -0.15) is 0 Å². The molecular weight excluding hydrogens is 929 g/mol. The normalized spacial score (nSPS) is 13.0. The second kappa shape index (κ2) is 65.7. The molecule has 0 aliphatic carbocycles. The van der Waals surface area contributed by atoms with Gasteiger partial charge in [-0.3, -0.25) is 0 Å². The summed E-state index contributed by atoms with van der Waals surface area (Å²) in [6.45, 7) is 18.5. The topological polar surface area (TPSA) is 64.6 Å². The van der Waals surface area contributed by atoms with E-state index in [1.807, 2.05) is 0 Å². The van der Waals surface area contributed by atoms with Crippen molar-refractivity contribution in [1.29, 1.82) is 0 Å². The van der Waals surface area contributed by atoms with Crippen LogP contribution in [0.3, 0.4) is 0 Å². The van der Waals surface area contributed by atoms with Gasteiger partial charge in [0.25, 0.3) is 0 Å². The van der Waals surface area contributed by atoms with Crippen LogP contribution in [0, 0.1) is 0 Å². The fourth-order valence-electron chi connectivity index (χ4n) is 9.66. The summed E-state index contributed by atoms with van der Waals surface area (Å²) in [5.41, 5.74) is 0. The molecule has 0 aromatic heterocycles. The minimum absolute atomic E-state index is 0.00395. The molecular formula is C68H134O7. The molecule has 0 amide bonds. The van der Waals surface area contributed by atoms with Crippen LogP contribution in [0.25, 0.3) is 0 Å². The Kier molecular flexibility index (Phi) is 65.0. The fraction of sp³-hybridized carbons (Fsp3) is 0.941. The van der Waals surface area contributed by atoms with Crippen LogP contribution in [-0.2, 0) is 33.2 Å². The molecule has 0 saturated carbocycles. The summed E-state index contributed by atoms with van der Waals surface area (Å²) in [4.78, 5) is 0. The predicted molar refractivity (Wildman–Crippen MR) is 326 cm³/mol. The molecule has 2 atom stereocenters. The average molecular weight is 1060 g/mol.